The second-order valence-corrected chi connectivity index (χ2v) is 3.86. The fraction of sp³-hybridized carbons (Fsp3) is 0.308. The van der Waals surface area contributed by atoms with Crippen LogP contribution in [0.1, 0.15) is 18.2 Å². The first-order chi connectivity index (χ1) is 7.81. The van der Waals surface area contributed by atoms with Gasteiger partial charge in [0.1, 0.15) is 0 Å². The predicted octanol–water partition coefficient (Wildman–Crippen LogP) is 2.59. The number of nitrogens with one attached hydrogen (secondary N) is 1. The van der Waals surface area contributed by atoms with Gasteiger partial charge < -0.3 is 9.88 Å². The predicted molar refractivity (Wildman–Crippen MR) is 66.4 cm³/mol. The Labute approximate surface area is 96.1 Å². The second kappa shape index (κ2) is 4.84. The van der Waals surface area contributed by atoms with E-state index in [0.29, 0.717) is 0 Å². The lowest BCUT2D eigenvalue weighted by Gasteiger charge is -2.10. The molecule has 2 aromatic rings. The molecule has 0 saturated carbocycles. The Hall–Kier alpha value is -1.77. The van der Waals surface area contributed by atoms with Crippen molar-refractivity contribution in [1.82, 2.24) is 9.55 Å². The van der Waals surface area contributed by atoms with Gasteiger partial charge in [0.05, 0.1) is 18.6 Å². The monoisotopic (exact) mass is 215 g/mol. The van der Waals surface area contributed by atoms with E-state index in [1.165, 1.54) is 16.9 Å². The Morgan fingerprint density at radius 2 is 2.12 bits per heavy atom. The maximum Gasteiger partial charge on any atom is 0.0946 e. The summed E-state index contributed by atoms with van der Waals surface area (Å²) in [6.45, 7) is 2.98. The molecule has 0 amide bonds. The number of aromatic nitrogens is 2. The molecule has 3 heteroatoms. The van der Waals surface area contributed by atoms with E-state index in [1.54, 1.807) is 0 Å². The molecule has 0 atom stereocenters. The van der Waals surface area contributed by atoms with Crippen LogP contribution in [0.3, 0.4) is 0 Å². The maximum atomic E-state index is 4.10. The maximum absolute atomic E-state index is 4.10. The van der Waals surface area contributed by atoms with Crippen LogP contribution in [0.15, 0.2) is 36.8 Å². The number of rotatable bonds is 4. The average Bonchev–Trinajstić information content (AvgIpc) is 2.72. The highest BCUT2D eigenvalue weighted by Gasteiger charge is 2.01. The number of hydrogen-bond donors (Lipinski definition) is 1. The van der Waals surface area contributed by atoms with E-state index in [4.69, 9.17) is 0 Å². The minimum Gasteiger partial charge on any atom is -0.379 e. The first-order valence-electron chi connectivity index (χ1n) is 5.58. The van der Waals surface area contributed by atoms with Crippen molar-refractivity contribution in [2.75, 3.05) is 5.32 Å². The van der Waals surface area contributed by atoms with E-state index >= 15 is 0 Å². The Balaban J connectivity index is 2.07. The Bertz CT molecular complexity index is 460. The smallest absolute Gasteiger partial charge is 0.0946 e. The highest BCUT2D eigenvalue weighted by molar-refractivity contribution is 5.51. The third-order valence-electron chi connectivity index (χ3n) is 2.77. The van der Waals surface area contributed by atoms with Gasteiger partial charge in [0.2, 0.25) is 0 Å². The second-order valence-electron chi connectivity index (χ2n) is 3.86. The van der Waals surface area contributed by atoms with Gasteiger partial charge in [0.15, 0.2) is 0 Å². The molecule has 0 unspecified atom stereocenters. The summed E-state index contributed by atoms with van der Waals surface area (Å²) in [5.74, 6) is 0. The van der Waals surface area contributed by atoms with Crippen LogP contribution in [0, 0.1) is 0 Å². The standard InChI is InChI=1S/C13H17N3/c1-3-11-6-4-5-7-13(11)15-9-12-8-14-10-16(12)2/h4-8,10,15H,3,9H2,1-2H3. The fourth-order valence-corrected chi connectivity index (χ4v) is 1.74. The van der Waals surface area contributed by atoms with Crippen molar-refractivity contribution in [3.05, 3.63) is 48.0 Å². The molecule has 2 rings (SSSR count). The van der Waals surface area contributed by atoms with Gasteiger partial charge in [-0.25, -0.2) is 4.98 Å². The third kappa shape index (κ3) is 2.24. The van der Waals surface area contributed by atoms with E-state index in [0.717, 1.165) is 13.0 Å². The highest BCUT2D eigenvalue weighted by Crippen LogP contribution is 2.16. The summed E-state index contributed by atoms with van der Waals surface area (Å²) in [6.07, 6.45) is 4.76. The van der Waals surface area contributed by atoms with Crippen molar-refractivity contribution in [2.24, 2.45) is 7.05 Å². The van der Waals surface area contributed by atoms with E-state index in [-0.39, 0.29) is 0 Å². The van der Waals surface area contributed by atoms with Crippen LogP contribution in [0.4, 0.5) is 5.69 Å². The van der Waals surface area contributed by atoms with Crippen molar-refractivity contribution < 1.29 is 0 Å². The number of anilines is 1. The average molecular weight is 215 g/mol. The van der Waals surface area contributed by atoms with Gasteiger partial charge in [-0.1, -0.05) is 25.1 Å². The Morgan fingerprint density at radius 3 is 2.81 bits per heavy atom. The molecule has 0 aliphatic heterocycles. The van der Waals surface area contributed by atoms with Crippen molar-refractivity contribution in [3.8, 4) is 0 Å². The van der Waals surface area contributed by atoms with Crippen LogP contribution < -0.4 is 5.32 Å². The zero-order valence-corrected chi connectivity index (χ0v) is 9.77. The molecule has 0 fully saturated rings. The molecule has 16 heavy (non-hydrogen) atoms. The first-order valence-corrected chi connectivity index (χ1v) is 5.58. The molecule has 1 N–H and O–H groups in total. The number of hydrogen-bond acceptors (Lipinski definition) is 2. The third-order valence-corrected chi connectivity index (χ3v) is 2.77. The SMILES string of the molecule is CCc1ccccc1NCc1cncn1C. The zero-order chi connectivity index (χ0) is 11.4. The summed E-state index contributed by atoms with van der Waals surface area (Å²) in [5.41, 5.74) is 3.75. The quantitative estimate of drug-likeness (QED) is 0.849. The summed E-state index contributed by atoms with van der Waals surface area (Å²) < 4.78 is 2.03. The van der Waals surface area contributed by atoms with E-state index in [2.05, 4.69) is 41.5 Å². The summed E-state index contributed by atoms with van der Waals surface area (Å²) in [6, 6.07) is 8.42. The molecule has 3 nitrogen and oxygen atoms in total. The van der Waals surface area contributed by atoms with Crippen LogP contribution in [0.5, 0.6) is 0 Å². The van der Waals surface area contributed by atoms with Crippen LogP contribution in [-0.4, -0.2) is 9.55 Å². The van der Waals surface area contributed by atoms with Gasteiger partial charge in [-0.05, 0) is 18.1 Å². The molecule has 0 bridgehead atoms. The molecule has 1 heterocycles. The molecule has 1 aromatic carbocycles. The van der Waals surface area contributed by atoms with Crippen molar-refractivity contribution >= 4 is 5.69 Å². The summed E-state index contributed by atoms with van der Waals surface area (Å²) in [7, 11) is 2.01. The topological polar surface area (TPSA) is 29.9 Å². The minimum atomic E-state index is 0.813. The van der Waals surface area contributed by atoms with Crippen molar-refractivity contribution in [2.45, 2.75) is 19.9 Å². The van der Waals surface area contributed by atoms with Gasteiger partial charge in [-0.3, -0.25) is 0 Å². The summed E-state index contributed by atoms with van der Waals surface area (Å²) in [4.78, 5) is 4.10. The normalized spacial score (nSPS) is 10.4. The molecule has 1 aromatic heterocycles. The summed E-state index contributed by atoms with van der Waals surface area (Å²) >= 11 is 0. The molecule has 0 spiro atoms. The van der Waals surface area contributed by atoms with Gasteiger partial charge in [0.25, 0.3) is 0 Å². The van der Waals surface area contributed by atoms with Crippen LogP contribution in [0.2, 0.25) is 0 Å². The fourth-order valence-electron chi connectivity index (χ4n) is 1.74. The highest BCUT2D eigenvalue weighted by atomic mass is 15.0. The zero-order valence-electron chi connectivity index (χ0n) is 9.77. The molecular formula is C13H17N3. The van der Waals surface area contributed by atoms with E-state index in [9.17, 15) is 0 Å². The van der Waals surface area contributed by atoms with Crippen LogP contribution in [-0.2, 0) is 20.0 Å². The lowest BCUT2D eigenvalue weighted by molar-refractivity contribution is 0.836. The number of imidazole rings is 1. The lowest BCUT2D eigenvalue weighted by atomic mass is 10.1. The van der Waals surface area contributed by atoms with Crippen LogP contribution >= 0.6 is 0 Å². The lowest BCUT2D eigenvalue weighted by Crippen LogP contribution is -2.05. The minimum absolute atomic E-state index is 0.813. The molecule has 0 aliphatic carbocycles. The molecule has 84 valence electrons. The van der Waals surface area contributed by atoms with Gasteiger partial charge in [0, 0.05) is 18.9 Å². The van der Waals surface area contributed by atoms with E-state index in [1.807, 2.05) is 24.1 Å². The molecule has 0 saturated heterocycles. The number of para-hydroxylation sites is 1. The van der Waals surface area contributed by atoms with Crippen molar-refractivity contribution in [1.29, 1.82) is 0 Å². The first kappa shape index (κ1) is 10.7. The van der Waals surface area contributed by atoms with Gasteiger partial charge >= 0.3 is 0 Å². The Kier molecular flexibility index (Phi) is 3.25. The summed E-state index contributed by atoms with van der Waals surface area (Å²) in [5, 5.41) is 3.45. The molecular weight excluding hydrogens is 198 g/mol. The van der Waals surface area contributed by atoms with E-state index < -0.39 is 0 Å². The Morgan fingerprint density at radius 1 is 1.31 bits per heavy atom. The number of nitrogens with zero attached hydrogens (tertiary/aromatic N) is 2. The molecule has 0 aliphatic rings. The molecule has 0 radical (unpaired) electrons. The van der Waals surface area contributed by atoms with Crippen molar-refractivity contribution in [3.63, 3.8) is 0 Å². The van der Waals surface area contributed by atoms with Gasteiger partial charge in [-0.2, -0.15) is 0 Å². The number of aryl methyl sites for hydroxylation is 2. The largest absolute Gasteiger partial charge is 0.379 e. The van der Waals surface area contributed by atoms with Crippen LogP contribution in [0.25, 0.3) is 0 Å². The number of benzene rings is 1. The van der Waals surface area contributed by atoms with Gasteiger partial charge in [-0.15, -0.1) is 0 Å².